The smallest absolute Gasteiger partial charge is 0.122 e. The highest BCUT2D eigenvalue weighted by molar-refractivity contribution is 8.51. The molecule has 0 spiro atoms. The number of halogens is 1. The van der Waals surface area contributed by atoms with Crippen LogP contribution >= 0.6 is 19.9 Å². The van der Waals surface area contributed by atoms with Gasteiger partial charge in [0.1, 0.15) is 17.2 Å². The summed E-state index contributed by atoms with van der Waals surface area (Å²) in [6.07, 6.45) is 0. The Hall–Kier alpha value is -2.30. The average Bonchev–Trinajstić information content (AvgIpc) is 2.87. The molecule has 0 aliphatic rings. The van der Waals surface area contributed by atoms with Gasteiger partial charge in [0.2, 0.25) is 0 Å². The van der Waals surface area contributed by atoms with Crippen molar-refractivity contribution in [2.75, 3.05) is 0 Å². The molecule has 0 bridgehead atoms. The highest BCUT2D eigenvalue weighted by Gasteiger charge is 2.35. The summed E-state index contributed by atoms with van der Waals surface area (Å²) < 4.78 is 0. The van der Waals surface area contributed by atoms with Crippen LogP contribution < -0.4 is 0 Å². The van der Waals surface area contributed by atoms with E-state index in [1.807, 2.05) is 0 Å². The number of benzene rings is 3. The Bertz CT molecular complexity index is 1150. The van der Waals surface area contributed by atoms with Crippen molar-refractivity contribution < 1.29 is 15.3 Å². The van der Waals surface area contributed by atoms with Crippen LogP contribution in [-0.2, 0) is 0 Å². The third-order valence-corrected chi connectivity index (χ3v) is 12.4. The Morgan fingerprint density at radius 1 is 0.390 bits per heavy atom. The minimum atomic E-state index is -2.42. The van der Waals surface area contributed by atoms with E-state index in [0.29, 0.717) is 17.2 Å². The van der Waals surface area contributed by atoms with Crippen LogP contribution in [0.25, 0.3) is 0 Å². The summed E-state index contributed by atoms with van der Waals surface area (Å²) in [7, 11) is 5.75. The fourth-order valence-corrected chi connectivity index (χ4v) is 8.85. The maximum atomic E-state index is 11.3. The predicted octanol–water partition coefficient (Wildman–Crippen LogP) is 12.0. The Labute approximate surface area is 254 Å². The van der Waals surface area contributed by atoms with E-state index in [0.717, 1.165) is 48.1 Å². The SMILES string of the molecule is CC(C)c1cc(S(Cl)(c2cc(C(C)C)c(O)c(C(C)C)c2)c2cc(C(C)C)c(O)c(C(C)C)c2)cc(C(C)C)c1O. The number of phenolic OH excluding ortho intramolecular Hbond substituents is 3. The predicted molar refractivity (Wildman–Crippen MR) is 177 cm³/mol. The van der Waals surface area contributed by atoms with Crippen molar-refractivity contribution >= 4 is 19.9 Å². The molecule has 0 amide bonds. The molecule has 3 N–H and O–H groups in total. The lowest BCUT2D eigenvalue weighted by Gasteiger charge is -2.38. The van der Waals surface area contributed by atoms with E-state index in [4.69, 9.17) is 10.7 Å². The van der Waals surface area contributed by atoms with Crippen LogP contribution in [0.3, 0.4) is 0 Å². The van der Waals surface area contributed by atoms with E-state index in [2.05, 4.69) is 119 Å². The van der Waals surface area contributed by atoms with Gasteiger partial charge in [-0.1, -0.05) is 103 Å². The molecule has 0 fully saturated rings. The van der Waals surface area contributed by atoms with Gasteiger partial charge in [-0.05, 0) is 105 Å². The fraction of sp³-hybridized carbons (Fsp3) is 0.500. The van der Waals surface area contributed by atoms with Crippen molar-refractivity contribution in [2.45, 2.75) is 133 Å². The molecule has 226 valence electrons. The first-order chi connectivity index (χ1) is 18.9. The van der Waals surface area contributed by atoms with Crippen LogP contribution in [0.4, 0.5) is 0 Å². The van der Waals surface area contributed by atoms with Gasteiger partial charge in [-0.15, -0.1) is 0 Å². The van der Waals surface area contributed by atoms with Crippen LogP contribution in [-0.4, -0.2) is 15.3 Å². The van der Waals surface area contributed by atoms with Gasteiger partial charge in [0.05, 0.1) is 0 Å². The lowest BCUT2D eigenvalue weighted by molar-refractivity contribution is 0.453. The monoisotopic (exact) mass is 598 g/mol. The highest BCUT2D eigenvalue weighted by Crippen LogP contribution is 2.74. The minimum absolute atomic E-state index is 0.0994. The van der Waals surface area contributed by atoms with Crippen LogP contribution in [0.1, 0.15) is 152 Å². The first kappa shape index (κ1) is 33.2. The molecular weight excluding hydrogens is 548 g/mol. The second-order valence-corrected chi connectivity index (χ2v) is 17.2. The third-order valence-electron chi connectivity index (χ3n) is 8.13. The quantitative estimate of drug-likeness (QED) is 0.229. The summed E-state index contributed by atoms with van der Waals surface area (Å²) in [5.74, 6) is 1.61. The lowest BCUT2D eigenvalue weighted by Crippen LogP contribution is -2.06. The molecule has 3 aromatic carbocycles. The Balaban J connectivity index is 2.63. The third kappa shape index (κ3) is 6.25. The number of hydrogen-bond donors (Lipinski definition) is 3. The maximum absolute atomic E-state index is 11.3. The standard InChI is InChI=1S/C36H51ClO3S/c1-19(2)28-13-25(14-29(20(3)4)34(28)38)41(37,26-15-30(21(5)6)35(39)31(16-26)22(7)8)27-17-32(23(9)10)36(40)33(18-27)24(11)12/h13-24,38-40H,1-12H3. The van der Waals surface area contributed by atoms with E-state index in [1.54, 1.807) is 0 Å². The largest absolute Gasteiger partial charge is 0.507 e. The molecule has 0 aromatic heterocycles. The number of rotatable bonds is 9. The van der Waals surface area contributed by atoms with Crippen molar-refractivity contribution in [1.29, 1.82) is 0 Å². The van der Waals surface area contributed by atoms with Gasteiger partial charge >= 0.3 is 0 Å². The molecule has 0 saturated carbocycles. The van der Waals surface area contributed by atoms with Gasteiger partial charge in [-0.3, -0.25) is 0 Å². The van der Waals surface area contributed by atoms with Crippen LogP contribution in [0.15, 0.2) is 51.1 Å². The summed E-state index contributed by atoms with van der Waals surface area (Å²) >= 11 is 0. The molecule has 0 heterocycles. The molecule has 0 aliphatic heterocycles. The van der Waals surface area contributed by atoms with Gasteiger partial charge in [-0.25, -0.2) is 0 Å². The zero-order valence-electron chi connectivity index (χ0n) is 27.1. The van der Waals surface area contributed by atoms with Gasteiger partial charge in [0.25, 0.3) is 0 Å². The Morgan fingerprint density at radius 3 is 0.659 bits per heavy atom. The van der Waals surface area contributed by atoms with E-state index >= 15 is 0 Å². The van der Waals surface area contributed by atoms with Crippen LogP contribution in [0, 0.1) is 0 Å². The van der Waals surface area contributed by atoms with E-state index < -0.39 is 9.24 Å². The zero-order valence-corrected chi connectivity index (χ0v) is 28.6. The van der Waals surface area contributed by atoms with Crippen LogP contribution in [0.5, 0.6) is 17.2 Å². The van der Waals surface area contributed by atoms with Crippen molar-refractivity contribution in [3.05, 3.63) is 69.8 Å². The van der Waals surface area contributed by atoms with Gasteiger partial charge in [0, 0.05) is 14.7 Å². The molecule has 5 heteroatoms. The van der Waals surface area contributed by atoms with Crippen LogP contribution in [0.2, 0.25) is 0 Å². The van der Waals surface area contributed by atoms with Crippen molar-refractivity contribution in [3.63, 3.8) is 0 Å². The number of phenols is 3. The molecule has 0 saturated heterocycles. The number of aromatic hydroxyl groups is 3. The maximum Gasteiger partial charge on any atom is 0.122 e. The number of hydrogen-bond acceptors (Lipinski definition) is 3. The lowest BCUT2D eigenvalue weighted by atomic mass is 9.94. The van der Waals surface area contributed by atoms with Gasteiger partial charge in [0.15, 0.2) is 0 Å². The van der Waals surface area contributed by atoms with Crippen molar-refractivity contribution in [2.24, 2.45) is 0 Å². The molecule has 0 unspecified atom stereocenters. The molecule has 0 aliphatic carbocycles. The molecule has 0 atom stereocenters. The molecule has 3 aromatic rings. The van der Waals surface area contributed by atoms with E-state index in [1.165, 1.54) is 0 Å². The zero-order chi connectivity index (χ0) is 31.1. The first-order valence-electron chi connectivity index (χ1n) is 15.1. The summed E-state index contributed by atoms with van der Waals surface area (Å²) in [4.78, 5) is 2.86. The average molecular weight is 599 g/mol. The van der Waals surface area contributed by atoms with Crippen molar-refractivity contribution in [1.82, 2.24) is 0 Å². The molecule has 3 nitrogen and oxygen atoms in total. The topological polar surface area (TPSA) is 60.7 Å². The summed E-state index contributed by atoms with van der Waals surface area (Å²) in [5, 5.41) is 33.9. The Morgan fingerprint density at radius 2 is 0.537 bits per heavy atom. The summed E-state index contributed by atoms with van der Waals surface area (Å²) in [5.41, 5.74) is 5.26. The molecular formula is C36H51ClO3S. The summed E-state index contributed by atoms with van der Waals surface area (Å²) in [6, 6.07) is 12.5. The minimum Gasteiger partial charge on any atom is -0.507 e. The van der Waals surface area contributed by atoms with Crippen molar-refractivity contribution in [3.8, 4) is 17.2 Å². The van der Waals surface area contributed by atoms with Gasteiger partial charge in [-0.2, -0.15) is 0 Å². The van der Waals surface area contributed by atoms with Gasteiger partial charge < -0.3 is 15.3 Å². The second kappa shape index (κ2) is 12.5. The highest BCUT2D eigenvalue weighted by atomic mass is 35.7. The van der Waals surface area contributed by atoms with E-state index in [-0.39, 0.29) is 35.5 Å². The molecule has 0 radical (unpaired) electrons. The summed E-state index contributed by atoms with van der Waals surface area (Å²) in [6.45, 7) is 25.1. The fourth-order valence-electron chi connectivity index (χ4n) is 5.49. The molecule has 3 rings (SSSR count). The second-order valence-electron chi connectivity index (χ2n) is 13.3. The normalized spacial score (nSPS) is 13.0. The first-order valence-corrected chi connectivity index (χ1v) is 17.5. The molecule has 41 heavy (non-hydrogen) atoms. The Kier molecular flexibility index (Phi) is 10.1. The van der Waals surface area contributed by atoms with E-state index in [9.17, 15) is 15.3 Å².